The molecule has 0 aliphatic heterocycles. The molecule has 0 saturated carbocycles. The van der Waals surface area contributed by atoms with Crippen LogP contribution < -0.4 is 4.74 Å². The summed E-state index contributed by atoms with van der Waals surface area (Å²) >= 11 is 13.7. The number of hydrogen-bond acceptors (Lipinski definition) is 5. The number of imidazole rings is 1. The monoisotopic (exact) mass is 432 g/mol. The van der Waals surface area contributed by atoms with Gasteiger partial charge in [-0.15, -0.1) is 11.3 Å². The lowest BCUT2D eigenvalue weighted by atomic mass is 10.1. The Balaban J connectivity index is 1.58. The van der Waals surface area contributed by atoms with Gasteiger partial charge in [0.25, 0.3) is 0 Å². The smallest absolute Gasteiger partial charge is 0.159 e. The SMILES string of the molecule is CC(C)COc1ccc(Cl)cc1Cc1nc(-c2nc3ccc(Cl)nc3[nH]2)cs1. The first-order valence-electron chi connectivity index (χ1n) is 8.86. The van der Waals surface area contributed by atoms with E-state index in [2.05, 4.69) is 28.8 Å². The molecule has 8 heteroatoms. The van der Waals surface area contributed by atoms with E-state index in [4.69, 9.17) is 32.9 Å². The molecule has 0 atom stereocenters. The largest absolute Gasteiger partial charge is 0.493 e. The molecule has 0 spiro atoms. The number of pyridine rings is 1. The number of nitrogens with zero attached hydrogens (tertiary/aromatic N) is 3. The van der Waals surface area contributed by atoms with E-state index in [1.807, 2.05) is 29.6 Å². The first-order chi connectivity index (χ1) is 13.5. The highest BCUT2D eigenvalue weighted by atomic mass is 35.5. The zero-order valence-corrected chi connectivity index (χ0v) is 17.7. The minimum absolute atomic E-state index is 0.427. The third-order valence-corrected chi connectivity index (χ3v) is 5.33. The topological polar surface area (TPSA) is 63.7 Å². The molecule has 0 saturated heterocycles. The van der Waals surface area contributed by atoms with E-state index >= 15 is 0 Å². The van der Waals surface area contributed by atoms with Gasteiger partial charge in [0.15, 0.2) is 11.5 Å². The van der Waals surface area contributed by atoms with E-state index in [1.165, 1.54) is 0 Å². The van der Waals surface area contributed by atoms with Crippen molar-refractivity contribution in [2.75, 3.05) is 6.61 Å². The molecule has 5 nitrogen and oxygen atoms in total. The van der Waals surface area contributed by atoms with Crippen molar-refractivity contribution >= 4 is 45.7 Å². The van der Waals surface area contributed by atoms with Crippen LogP contribution in [0.4, 0.5) is 0 Å². The van der Waals surface area contributed by atoms with E-state index in [0.29, 0.717) is 40.6 Å². The summed E-state index contributed by atoms with van der Waals surface area (Å²) < 4.78 is 5.95. The maximum atomic E-state index is 6.20. The second-order valence-corrected chi connectivity index (χ2v) is 8.61. The number of fused-ring (bicyclic) bond motifs is 1. The van der Waals surface area contributed by atoms with Crippen molar-refractivity contribution in [1.82, 2.24) is 19.9 Å². The first kappa shape index (κ1) is 19.2. The fourth-order valence-corrected chi connectivity index (χ4v) is 3.88. The molecule has 3 aromatic heterocycles. The molecule has 4 aromatic rings. The van der Waals surface area contributed by atoms with Crippen LogP contribution in [0, 0.1) is 5.92 Å². The van der Waals surface area contributed by atoms with Crippen LogP contribution in [-0.2, 0) is 6.42 Å². The molecule has 0 aliphatic carbocycles. The van der Waals surface area contributed by atoms with Crippen molar-refractivity contribution in [3.05, 3.63) is 56.5 Å². The van der Waals surface area contributed by atoms with Gasteiger partial charge < -0.3 is 9.72 Å². The molecule has 0 amide bonds. The van der Waals surface area contributed by atoms with Crippen LogP contribution in [0.2, 0.25) is 10.2 Å². The summed E-state index contributed by atoms with van der Waals surface area (Å²) in [6, 6.07) is 9.26. The number of hydrogen-bond donors (Lipinski definition) is 1. The van der Waals surface area contributed by atoms with E-state index < -0.39 is 0 Å². The van der Waals surface area contributed by atoms with Gasteiger partial charge in [0.1, 0.15) is 22.1 Å². The van der Waals surface area contributed by atoms with E-state index in [-0.39, 0.29) is 0 Å². The molecule has 0 bridgehead atoms. The summed E-state index contributed by atoms with van der Waals surface area (Å²) in [7, 11) is 0. The summed E-state index contributed by atoms with van der Waals surface area (Å²) in [4.78, 5) is 16.7. The lowest BCUT2D eigenvalue weighted by molar-refractivity contribution is 0.269. The Morgan fingerprint density at radius 3 is 2.79 bits per heavy atom. The minimum Gasteiger partial charge on any atom is -0.493 e. The molecule has 4 rings (SSSR count). The quantitative estimate of drug-likeness (QED) is 0.378. The van der Waals surface area contributed by atoms with E-state index in [0.717, 1.165) is 27.5 Å². The summed E-state index contributed by atoms with van der Waals surface area (Å²) in [6.07, 6.45) is 0.642. The van der Waals surface area contributed by atoms with Gasteiger partial charge in [-0.3, -0.25) is 0 Å². The van der Waals surface area contributed by atoms with Gasteiger partial charge in [-0.05, 0) is 36.2 Å². The van der Waals surface area contributed by atoms with Crippen molar-refractivity contribution < 1.29 is 4.74 Å². The molecular formula is C20H18Cl2N4OS. The number of nitrogens with one attached hydrogen (secondary N) is 1. The fraction of sp³-hybridized carbons (Fsp3) is 0.250. The maximum absolute atomic E-state index is 6.20. The minimum atomic E-state index is 0.427. The molecule has 0 radical (unpaired) electrons. The fourth-order valence-electron chi connectivity index (χ4n) is 2.74. The Hall–Kier alpha value is -2.15. The van der Waals surface area contributed by atoms with E-state index in [1.54, 1.807) is 17.4 Å². The van der Waals surface area contributed by atoms with Crippen molar-refractivity contribution in [1.29, 1.82) is 0 Å². The maximum Gasteiger partial charge on any atom is 0.159 e. The standard InChI is InChI=1S/C20H18Cl2N4OS/c1-11(2)9-27-16-5-3-13(21)7-12(16)8-18-23-15(10-28-18)20-24-14-4-6-17(22)25-19(14)26-20/h3-7,10-11H,8-9H2,1-2H3,(H,24,25,26). The normalized spacial score (nSPS) is 11.5. The van der Waals surface area contributed by atoms with Crippen LogP contribution in [0.5, 0.6) is 5.75 Å². The predicted molar refractivity (Wildman–Crippen MR) is 115 cm³/mol. The molecule has 28 heavy (non-hydrogen) atoms. The molecule has 3 heterocycles. The van der Waals surface area contributed by atoms with Crippen LogP contribution in [0.3, 0.4) is 0 Å². The van der Waals surface area contributed by atoms with Crippen molar-refractivity contribution in [2.45, 2.75) is 20.3 Å². The Morgan fingerprint density at radius 1 is 1.11 bits per heavy atom. The molecule has 1 aromatic carbocycles. The zero-order chi connectivity index (χ0) is 19.7. The Bertz CT molecular complexity index is 1120. The number of ether oxygens (including phenoxy) is 1. The molecule has 1 N–H and O–H groups in total. The van der Waals surface area contributed by atoms with Gasteiger partial charge in [0, 0.05) is 22.4 Å². The molecule has 0 fully saturated rings. The van der Waals surface area contributed by atoms with Gasteiger partial charge in [-0.1, -0.05) is 37.0 Å². The van der Waals surface area contributed by atoms with Gasteiger partial charge in [-0.25, -0.2) is 15.0 Å². The summed E-state index contributed by atoms with van der Waals surface area (Å²) in [6.45, 7) is 4.91. The molecular weight excluding hydrogens is 415 g/mol. The Morgan fingerprint density at radius 2 is 1.96 bits per heavy atom. The number of H-pyrrole nitrogens is 1. The van der Waals surface area contributed by atoms with Crippen LogP contribution in [0.1, 0.15) is 24.4 Å². The third kappa shape index (κ3) is 4.29. The average Bonchev–Trinajstić information content (AvgIpc) is 3.27. The van der Waals surface area contributed by atoms with Gasteiger partial charge in [0.05, 0.1) is 11.6 Å². The van der Waals surface area contributed by atoms with Crippen molar-refractivity contribution in [2.24, 2.45) is 5.92 Å². The second-order valence-electron chi connectivity index (χ2n) is 6.85. The van der Waals surface area contributed by atoms with Crippen LogP contribution in [0.15, 0.2) is 35.7 Å². The summed E-state index contributed by atoms with van der Waals surface area (Å²) in [5, 5.41) is 4.05. The second kappa shape index (κ2) is 8.07. The van der Waals surface area contributed by atoms with E-state index in [9.17, 15) is 0 Å². The van der Waals surface area contributed by atoms with Crippen LogP contribution in [0.25, 0.3) is 22.7 Å². The van der Waals surface area contributed by atoms with Crippen molar-refractivity contribution in [3.8, 4) is 17.3 Å². The summed E-state index contributed by atoms with van der Waals surface area (Å²) in [5.41, 5.74) is 3.21. The van der Waals surface area contributed by atoms with Crippen LogP contribution in [-0.4, -0.2) is 26.5 Å². The molecule has 0 unspecified atom stereocenters. The predicted octanol–water partition coefficient (Wildman–Crippen LogP) is 6.01. The van der Waals surface area contributed by atoms with Crippen LogP contribution >= 0.6 is 34.5 Å². The Kier molecular flexibility index (Phi) is 5.53. The highest BCUT2D eigenvalue weighted by molar-refractivity contribution is 7.10. The number of benzene rings is 1. The van der Waals surface area contributed by atoms with Gasteiger partial charge >= 0.3 is 0 Å². The number of aromatic nitrogens is 4. The number of halogens is 2. The van der Waals surface area contributed by atoms with Gasteiger partial charge in [0.2, 0.25) is 0 Å². The number of aromatic amines is 1. The third-order valence-electron chi connectivity index (χ3n) is 4.04. The van der Waals surface area contributed by atoms with Crippen molar-refractivity contribution in [3.63, 3.8) is 0 Å². The van der Waals surface area contributed by atoms with Gasteiger partial charge in [-0.2, -0.15) is 0 Å². The lowest BCUT2D eigenvalue weighted by Gasteiger charge is -2.13. The zero-order valence-electron chi connectivity index (χ0n) is 15.4. The number of thiazole rings is 1. The highest BCUT2D eigenvalue weighted by Gasteiger charge is 2.13. The highest BCUT2D eigenvalue weighted by Crippen LogP contribution is 2.29. The summed E-state index contributed by atoms with van der Waals surface area (Å²) in [5.74, 6) is 1.97. The number of rotatable bonds is 6. The Labute approximate surface area is 176 Å². The first-order valence-corrected chi connectivity index (χ1v) is 10.5. The molecule has 0 aliphatic rings. The lowest BCUT2D eigenvalue weighted by Crippen LogP contribution is -2.06. The average molecular weight is 433 g/mol. The molecule has 144 valence electrons.